The van der Waals surface area contributed by atoms with E-state index < -0.39 is 29.2 Å². The van der Waals surface area contributed by atoms with Gasteiger partial charge in [-0.25, -0.2) is 9.37 Å². The van der Waals surface area contributed by atoms with Gasteiger partial charge in [0.05, 0.1) is 12.1 Å². The van der Waals surface area contributed by atoms with Crippen LogP contribution in [0.5, 0.6) is 0 Å². The number of halogens is 4. The van der Waals surface area contributed by atoms with Gasteiger partial charge in [-0.2, -0.15) is 18.2 Å². The number of carbonyl (C=O) groups is 1. The molecule has 5 rings (SSSR count). The highest BCUT2D eigenvalue weighted by molar-refractivity contribution is 6.37. The monoisotopic (exact) mass is 497 g/mol. The third kappa shape index (κ3) is 4.04. The van der Waals surface area contributed by atoms with E-state index in [-0.39, 0.29) is 11.3 Å². The lowest BCUT2D eigenvalue weighted by Crippen LogP contribution is -2.33. The summed E-state index contributed by atoms with van der Waals surface area (Å²) < 4.78 is 54.2. The van der Waals surface area contributed by atoms with Crippen molar-refractivity contribution in [3.8, 4) is 0 Å². The highest BCUT2D eigenvalue weighted by atomic mass is 19.4. The van der Waals surface area contributed by atoms with Crippen molar-refractivity contribution < 1.29 is 22.4 Å². The molecule has 36 heavy (non-hydrogen) atoms. The molecule has 2 N–H and O–H groups in total. The molecule has 1 amide bonds. The van der Waals surface area contributed by atoms with Gasteiger partial charge in [-0.1, -0.05) is 0 Å². The number of anilines is 3. The Balaban J connectivity index is 1.53. The van der Waals surface area contributed by atoms with Crippen LogP contribution in [0.4, 0.5) is 35.0 Å². The summed E-state index contributed by atoms with van der Waals surface area (Å²) in [4.78, 5) is 31.6. The van der Waals surface area contributed by atoms with Crippen LogP contribution in [-0.4, -0.2) is 46.8 Å². The number of allylic oxidation sites excluding steroid dienone is 1. The summed E-state index contributed by atoms with van der Waals surface area (Å²) in [6.45, 7) is 2.86. The summed E-state index contributed by atoms with van der Waals surface area (Å²) in [7, 11) is 1.71. The van der Waals surface area contributed by atoms with Crippen molar-refractivity contribution >= 4 is 40.3 Å². The van der Waals surface area contributed by atoms with Crippen LogP contribution in [0.1, 0.15) is 34.1 Å². The Morgan fingerprint density at radius 2 is 1.92 bits per heavy atom. The van der Waals surface area contributed by atoms with Gasteiger partial charge in [0, 0.05) is 48.4 Å². The van der Waals surface area contributed by atoms with E-state index in [1.165, 1.54) is 18.2 Å². The van der Waals surface area contributed by atoms with E-state index in [9.17, 15) is 18.0 Å². The Labute approximate surface area is 202 Å². The lowest BCUT2D eigenvalue weighted by Gasteiger charge is -2.30. The van der Waals surface area contributed by atoms with E-state index >= 15 is 4.39 Å². The lowest BCUT2D eigenvalue weighted by molar-refractivity contribution is -0.137. The summed E-state index contributed by atoms with van der Waals surface area (Å²) in [5.41, 5.74) is 0.892. The van der Waals surface area contributed by atoms with Gasteiger partial charge in [0.1, 0.15) is 23.2 Å². The first-order valence-corrected chi connectivity index (χ1v) is 10.9. The van der Waals surface area contributed by atoms with E-state index in [1.54, 1.807) is 13.2 Å². The van der Waals surface area contributed by atoms with Gasteiger partial charge in [-0.05, 0) is 42.8 Å². The largest absolute Gasteiger partial charge is 0.416 e. The predicted octanol–water partition coefficient (Wildman–Crippen LogP) is 4.49. The molecule has 0 atom stereocenters. The van der Waals surface area contributed by atoms with Gasteiger partial charge < -0.3 is 15.5 Å². The predicted molar refractivity (Wildman–Crippen MR) is 127 cm³/mol. The molecule has 3 aromatic rings. The number of carbonyl (C=O) groups excluding carboxylic acids is 1. The number of hydrogen-bond donors (Lipinski definition) is 2. The molecule has 0 saturated heterocycles. The van der Waals surface area contributed by atoms with Crippen molar-refractivity contribution in [3.63, 3.8) is 0 Å². The van der Waals surface area contributed by atoms with Gasteiger partial charge in [0.25, 0.3) is 5.91 Å². The first-order valence-electron chi connectivity index (χ1n) is 10.9. The Kier molecular flexibility index (Phi) is 5.65. The summed E-state index contributed by atoms with van der Waals surface area (Å²) >= 11 is 0. The van der Waals surface area contributed by atoms with Crippen molar-refractivity contribution in [2.24, 2.45) is 4.99 Å². The zero-order valence-corrected chi connectivity index (χ0v) is 19.1. The molecule has 0 radical (unpaired) electrons. The molecule has 0 spiro atoms. The van der Waals surface area contributed by atoms with Crippen LogP contribution in [-0.2, 0) is 6.18 Å². The number of alkyl halides is 3. The number of aliphatic imine (C=N–C) groups is 1. The van der Waals surface area contributed by atoms with Crippen LogP contribution < -0.4 is 15.5 Å². The summed E-state index contributed by atoms with van der Waals surface area (Å²) in [5.74, 6) is 0.238. The third-order valence-electron chi connectivity index (χ3n) is 5.90. The first-order chi connectivity index (χ1) is 17.2. The number of pyridine rings is 1. The van der Waals surface area contributed by atoms with Crippen molar-refractivity contribution in [2.45, 2.75) is 13.1 Å². The molecule has 0 fully saturated rings. The summed E-state index contributed by atoms with van der Waals surface area (Å²) in [5, 5.41) is 5.41. The number of fused-ring (bicyclic) bond motifs is 3. The fourth-order valence-electron chi connectivity index (χ4n) is 4.18. The molecular formula is C24H19F4N7O. The van der Waals surface area contributed by atoms with Crippen molar-refractivity contribution in [3.05, 3.63) is 70.9 Å². The maximum atomic E-state index is 15.1. The second-order valence-electron chi connectivity index (χ2n) is 8.11. The standard InChI is InChI=1S/C24H19F4N7O/c1-12-16-11-32-23(29-2)34-20(16)35-8-7-31-21(35)19(12)15-10-14(3-4-17(15)25)33-22(36)18-9-13(5-6-30-18)24(26,27)28/h3-6,9-11H,7-8H2,1-2H3,(H,33,36)(H,29,32,34). The zero-order valence-electron chi connectivity index (χ0n) is 19.1. The second-order valence-corrected chi connectivity index (χ2v) is 8.11. The van der Waals surface area contributed by atoms with E-state index in [1.807, 2.05) is 11.8 Å². The number of amidine groups is 1. The fraction of sp³-hybridized carbons (Fsp3) is 0.208. The number of benzene rings is 1. The second kappa shape index (κ2) is 8.70. The molecule has 0 bridgehead atoms. The number of hydrogen-bond acceptors (Lipinski definition) is 7. The minimum Gasteiger partial charge on any atom is -0.357 e. The molecule has 2 aliphatic rings. The van der Waals surface area contributed by atoms with Crippen LogP contribution in [0.15, 0.2) is 47.7 Å². The lowest BCUT2D eigenvalue weighted by atomic mass is 9.91. The number of nitrogens with one attached hydrogen (secondary N) is 2. The van der Waals surface area contributed by atoms with Crippen LogP contribution in [0, 0.1) is 5.82 Å². The number of amides is 1. The Morgan fingerprint density at radius 1 is 1.11 bits per heavy atom. The molecule has 0 unspecified atom stereocenters. The molecule has 0 aliphatic carbocycles. The van der Waals surface area contributed by atoms with Gasteiger partial charge in [0.2, 0.25) is 5.95 Å². The SMILES string of the molecule is CNc1ncc2c(n1)N1CCN=C1C(c1cc(NC(=O)c3cc(C(F)(F)F)ccn3)ccc1F)=C2C. The van der Waals surface area contributed by atoms with E-state index in [0.717, 1.165) is 12.3 Å². The zero-order chi connectivity index (χ0) is 25.6. The van der Waals surface area contributed by atoms with Crippen molar-refractivity contribution in [1.82, 2.24) is 15.0 Å². The average molecular weight is 497 g/mol. The molecular weight excluding hydrogens is 478 g/mol. The molecule has 4 heterocycles. The summed E-state index contributed by atoms with van der Waals surface area (Å²) in [6, 6.07) is 5.37. The average Bonchev–Trinajstić information content (AvgIpc) is 3.35. The Bertz CT molecular complexity index is 1450. The van der Waals surface area contributed by atoms with Gasteiger partial charge in [-0.15, -0.1) is 0 Å². The molecule has 0 saturated carbocycles. The van der Waals surface area contributed by atoms with E-state index in [4.69, 9.17) is 0 Å². The third-order valence-corrected chi connectivity index (χ3v) is 5.90. The van der Waals surface area contributed by atoms with Crippen LogP contribution >= 0.6 is 0 Å². The molecule has 8 nitrogen and oxygen atoms in total. The van der Waals surface area contributed by atoms with Crippen molar-refractivity contribution in [1.29, 1.82) is 0 Å². The highest BCUT2D eigenvalue weighted by Gasteiger charge is 2.35. The van der Waals surface area contributed by atoms with Crippen LogP contribution in [0.2, 0.25) is 0 Å². The molecule has 184 valence electrons. The first kappa shape index (κ1) is 23.4. The number of nitrogens with zero attached hydrogens (tertiary/aromatic N) is 5. The smallest absolute Gasteiger partial charge is 0.357 e. The molecule has 12 heteroatoms. The van der Waals surface area contributed by atoms with E-state index in [0.29, 0.717) is 53.5 Å². The van der Waals surface area contributed by atoms with Crippen molar-refractivity contribution in [2.75, 3.05) is 35.7 Å². The van der Waals surface area contributed by atoms with Gasteiger partial charge in [0.15, 0.2) is 0 Å². The highest BCUT2D eigenvalue weighted by Crippen LogP contribution is 2.41. The number of aromatic nitrogens is 3. The Hall–Kier alpha value is -4.35. The molecule has 2 aliphatic heterocycles. The topological polar surface area (TPSA) is 95.4 Å². The van der Waals surface area contributed by atoms with Crippen LogP contribution in [0.3, 0.4) is 0 Å². The van der Waals surface area contributed by atoms with E-state index in [2.05, 4.69) is 30.6 Å². The van der Waals surface area contributed by atoms with Crippen LogP contribution in [0.25, 0.3) is 11.1 Å². The van der Waals surface area contributed by atoms with Gasteiger partial charge in [-0.3, -0.25) is 14.8 Å². The maximum Gasteiger partial charge on any atom is 0.416 e. The quantitative estimate of drug-likeness (QED) is 0.516. The minimum atomic E-state index is -4.62. The number of rotatable bonds is 4. The van der Waals surface area contributed by atoms with Gasteiger partial charge >= 0.3 is 6.18 Å². The summed E-state index contributed by atoms with van der Waals surface area (Å²) in [6.07, 6.45) is -2.05. The fourth-order valence-corrected chi connectivity index (χ4v) is 4.18. The molecule has 2 aromatic heterocycles. The minimum absolute atomic E-state index is 0.177. The molecule has 1 aromatic carbocycles. The Morgan fingerprint density at radius 3 is 2.67 bits per heavy atom. The maximum absolute atomic E-state index is 15.1. The normalized spacial score (nSPS) is 14.8.